The lowest BCUT2D eigenvalue weighted by atomic mass is 9.88. The SMILES string of the molecule is CC1CC(C)CN(C(C)(C)CNC(=O)C2CC2c2ccccc2F)C1. The molecule has 4 atom stereocenters. The van der Waals surface area contributed by atoms with E-state index < -0.39 is 0 Å². The molecule has 1 aliphatic carbocycles. The molecule has 138 valence electrons. The third-order valence-electron chi connectivity index (χ3n) is 5.85. The lowest BCUT2D eigenvalue weighted by Gasteiger charge is -2.45. The number of rotatable bonds is 5. The minimum Gasteiger partial charge on any atom is -0.354 e. The van der Waals surface area contributed by atoms with Crippen molar-refractivity contribution in [1.82, 2.24) is 10.2 Å². The van der Waals surface area contributed by atoms with E-state index in [9.17, 15) is 9.18 Å². The highest BCUT2D eigenvalue weighted by Gasteiger charge is 2.45. The number of nitrogens with one attached hydrogen (secondary N) is 1. The van der Waals surface area contributed by atoms with E-state index in [2.05, 4.69) is 37.9 Å². The van der Waals surface area contributed by atoms with Crippen LogP contribution in [0.25, 0.3) is 0 Å². The Balaban J connectivity index is 1.53. The zero-order valence-corrected chi connectivity index (χ0v) is 15.9. The van der Waals surface area contributed by atoms with E-state index in [-0.39, 0.29) is 29.1 Å². The second-order valence-corrected chi connectivity index (χ2v) is 8.85. The quantitative estimate of drug-likeness (QED) is 0.879. The summed E-state index contributed by atoms with van der Waals surface area (Å²) in [4.78, 5) is 15.0. The highest BCUT2D eigenvalue weighted by molar-refractivity contribution is 5.83. The second-order valence-electron chi connectivity index (χ2n) is 8.85. The van der Waals surface area contributed by atoms with Gasteiger partial charge in [0.15, 0.2) is 0 Å². The van der Waals surface area contributed by atoms with Crippen LogP contribution in [0.5, 0.6) is 0 Å². The Hall–Kier alpha value is -1.42. The van der Waals surface area contributed by atoms with Gasteiger partial charge in [0.05, 0.1) is 0 Å². The van der Waals surface area contributed by atoms with E-state index in [0.717, 1.165) is 19.5 Å². The number of carbonyl (C=O) groups is 1. The van der Waals surface area contributed by atoms with Crippen molar-refractivity contribution in [3.63, 3.8) is 0 Å². The van der Waals surface area contributed by atoms with E-state index >= 15 is 0 Å². The summed E-state index contributed by atoms with van der Waals surface area (Å²) >= 11 is 0. The first-order chi connectivity index (χ1) is 11.8. The van der Waals surface area contributed by atoms with E-state index in [1.54, 1.807) is 12.1 Å². The van der Waals surface area contributed by atoms with Crippen molar-refractivity contribution in [3.8, 4) is 0 Å². The predicted octanol–water partition coefficient (Wildman–Crippen LogP) is 3.80. The summed E-state index contributed by atoms with van der Waals surface area (Å²) in [6.07, 6.45) is 2.04. The van der Waals surface area contributed by atoms with Crippen molar-refractivity contribution < 1.29 is 9.18 Å². The van der Waals surface area contributed by atoms with Gasteiger partial charge in [0, 0.05) is 31.1 Å². The molecule has 1 saturated carbocycles. The van der Waals surface area contributed by atoms with Crippen LogP contribution in [0.3, 0.4) is 0 Å². The minimum atomic E-state index is -0.195. The van der Waals surface area contributed by atoms with Gasteiger partial charge in [0.2, 0.25) is 5.91 Å². The van der Waals surface area contributed by atoms with Gasteiger partial charge in [-0.1, -0.05) is 32.0 Å². The number of halogens is 1. The molecule has 25 heavy (non-hydrogen) atoms. The summed E-state index contributed by atoms with van der Waals surface area (Å²) in [7, 11) is 0. The molecule has 1 aliphatic heterocycles. The van der Waals surface area contributed by atoms with Crippen LogP contribution in [0.2, 0.25) is 0 Å². The summed E-state index contributed by atoms with van der Waals surface area (Å²) in [5, 5.41) is 3.13. The van der Waals surface area contributed by atoms with Crippen molar-refractivity contribution in [2.75, 3.05) is 19.6 Å². The molecule has 3 nitrogen and oxygen atoms in total. The first-order valence-electron chi connectivity index (χ1n) is 9.55. The zero-order valence-electron chi connectivity index (χ0n) is 15.9. The van der Waals surface area contributed by atoms with Gasteiger partial charge in [0.1, 0.15) is 5.82 Å². The molecule has 4 unspecified atom stereocenters. The monoisotopic (exact) mass is 346 g/mol. The number of carbonyl (C=O) groups excluding carboxylic acids is 1. The van der Waals surface area contributed by atoms with Gasteiger partial charge in [-0.2, -0.15) is 0 Å². The standard InChI is InChI=1S/C21H31FN2O/c1-14-9-15(2)12-24(11-14)21(3,4)13-23-20(25)18-10-17(18)16-7-5-6-8-19(16)22/h5-8,14-15,17-18H,9-13H2,1-4H3,(H,23,25). The maximum Gasteiger partial charge on any atom is 0.223 e. The van der Waals surface area contributed by atoms with Gasteiger partial charge in [0.25, 0.3) is 0 Å². The van der Waals surface area contributed by atoms with Gasteiger partial charge in [-0.05, 0) is 56.1 Å². The number of likely N-dealkylation sites (tertiary alicyclic amines) is 1. The fourth-order valence-electron chi connectivity index (χ4n) is 4.31. The molecule has 0 bridgehead atoms. The van der Waals surface area contributed by atoms with E-state index in [4.69, 9.17) is 0 Å². The maximum absolute atomic E-state index is 13.9. The molecule has 1 N–H and O–H groups in total. The molecule has 0 aromatic heterocycles. The maximum atomic E-state index is 13.9. The van der Waals surface area contributed by atoms with Gasteiger partial charge in [-0.15, -0.1) is 0 Å². The van der Waals surface area contributed by atoms with E-state index in [0.29, 0.717) is 23.9 Å². The van der Waals surface area contributed by atoms with Crippen molar-refractivity contribution in [2.24, 2.45) is 17.8 Å². The Labute approximate surface area is 151 Å². The highest BCUT2D eigenvalue weighted by atomic mass is 19.1. The average molecular weight is 346 g/mol. The molecular weight excluding hydrogens is 315 g/mol. The van der Waals surface area contributed by atoms with Gasteiger partial charge in [-0.25, -0.2) is 4.39 Å². The van der Waals surface area contributed by atoms with Gasteiger partial charge >= 0.3 is 0 Å². The Morgan fingerprint density at radius 1 is 1.20 bits per heavy atom. The average Bonchev–Trinajstić information content (AvgIpc) is 3.33. The van der Waals surface area contributed by atoms with Crippen LogP contribution in [0.15, 0.2) is 24.3 Å². The Morgan fingerprint density at radius 2 is 1.84 bits per heavy atom. The summed E-state index contributed by atoms with van der Waals surface area (Å²) in [5.41, 5.74) is 0.627. The van der Waals surface area contributed by atoms with Crippen LogP contribution in [0, 0.1) is 23.6 Å². The summed E-state index contributed by atoms with van der Waals surface area (Å²) in [6, 6.07) is 6.81. The number of hydrogen-bond acceptors (Lipinski definition) is 2. The summed E-state index contributed by atoms with van der Waals surface area (Å²) < 4.78 is 13.9. The van der Waals surface area contributed by atoms with Crippen molar-refractivity contribution in [3.05, 3.63) is 35.6 Å². The largest absolute Gasteiger partial charge is 0.354 e. The smallest absolute Gasteiger partial charge is 0.223 e. The van der Waals surface area contributed by atoms with Crippen LogP contribution in [0.1, 0.15) is 52.0 Å². The molecule has 1 heterocycles. The number of amides is 1. The Bertz CT molecular complexity index is 620. The first kappa shape index (κ1) is 18.4. The predicted molar refractivity (Wildman–Crippen MR) is 98.9 cm³/mol. The van der Waals surface area contributed by atoms with Crippen LogP contribution < -0.4 is 5.32 Å². The molecule has 1 aromatic rings. The molecule has 0 spiro atoms. The van der Waals surface area contributed by atoms with Crippen LogP contribution in [-0.2, 0) is 4.79 Å². The van der Waals surface area contributed by atoms with E-state index in [1.165, 1.54) is 12.5 Å². The molecule has 0 radical (unpaired) electrons. The number of nitrogens with zero attached hydrogens (tertiary/aromatic N) is 1. The van der Waals surface area contributed by atoms with Crippen LogP contribution in [0.4, 0.5) is 4.39 Å². The molecule has 1 aromatic carbocycles. The fourth-order valence-corrected chi connectivity index (χ4v) is 4.31. The fraction of sp³-hybridized carbons (Fsp3) is 0.667. The Morgan fingerprint density at radius 3 is 2.48 bits per heavy atom. The first-order valence-corrected chi connectivity index (χ1v) is 9.55. The summed E-state index contributed by atoms with van der Waals surface area (Å²) in [6.45, 7) is 11.9. The minimum absolute atomic E-state index is 0.0411. The van der Waals surface area contributed by atoms with E-state index in [1.807, 2.05) is 6.07 Å². The normalized spacial score (nSPS) is 30.1. The second kappa shape index (κ2) is 7.06. The third kappa shape index (κ3) is 4.22. The van der Waals surface area contributed by atoms with Crippen molar-refractivity contribution in [1.29, 1.82) is 0 Å². The van der Waals surface area contributed by atoms with Gasteiger partial charge < -0.3 is 5.32 Å². The van der Waals surface area contributed by atoms with Gasteiger partial charge in [-0.3, -0.25) is 9.69 Å². The molecule has 4 heteroatoms. The summed E-state index contributed by atoms with van der Waals surface area (Å²) in [5.74, 6) is 1.24. The molecular formula is C21H31FN2O. The molecule has 2 fully saturated rings. The number of piperidine rings is 1. The third-order valence-corrected chi connectivity index (χ3v) is 5.85. The lowest BCUT2D eigenvalue weighted by Crippen LogP contribution is -2.56. The van der Waals surface area contributed by atoms with Crippen LogP contribution in [-0.4, -0.2) is 36.0 Å². The van der Waals surface area contributed by atoms with Crippen molar-refractivity contribution >= 4 is 5.91 Å². The highest BCUT2D eigenvalue weighted by Crippen LogP contribution is 2.48. The molecule has 3 rings (SSSR count). The lowest BCUT2D eigenvalue weighted by molar-refractivity contribution is -0.123. The topological polar surface area (TPSA) is 32.3 Å². The Kier molecular flexibility index (Phi) is 5.19. The molecule has 1 amide bonds. The van der Waals surface area contributed by atoms with Crippen LogP contribution >= 0.6 is 0 Å². The van der Waals surface area contributed by atoms with Crippen molar-refractivity contribution in [2.45, 2.75) is 52.0 Å². The molecule has 1 saturated heterocycles. The number of hydrogen-bond donors (Lipinski definition) is 1. The molecule has 2 aliphatic rings. The zero-order chi connectivity index (χ0) is 18.2. The number of benzene rings is 1.